The van der Waals surface area contributed by atoms with E-state index in [2.05, 4.69) is 10.4 Å². The van der Waals surface area contributed by atoms with Gasteiger partial charge in [0.15, 0.2) is 5.60 Å². The van der Waals surface area contributed by atoms with Gasteiger partial charge in [-0.05, 0) is 19.9 Å². The zero-order valence-corrected chi connectivity index (χ0v) is 9.62. The lowest BCUT2D eigenvalue weighted by atomic mass is 10.1. The average Bonchev–Trinajstić information content (AvgIpc) is 2.78. The molecule has 3 N–H and O–H groups in total. The van der Waals surface area contributed by atoms with E-state index in [0.29, 0.717) is 0 Å². The van der Waals surface area contributed by atoms with Gasteiger partial charge < -0.3 is 15.5 Å². The molecule has 7 nitrogen and oxygen atoms in total. The highest BCUT2D eigenvalue weighted by Gasteiger charge is 2.31. The van der Waals surface area contributed by atoms with Crippen LogP contribution in [0.25, 0.3) is 0 Å². The SMILES string of the molecule is CC(C(=O)NCC(C)(O)C(=O)O)n1cccn1. The Morgan fingerprint density at radius 3 is 2.71 bits per heavy atom. The third-order valence-electron chi connectivity index (χ3n) is 2.37. The first kappa shape index (κ1) is 13.2. The Morgan fingerprint density at radius 1 is 1.59 bits per heavy atom. The molecule has 0 aliphatic heterocycles. The summed E-state index contributed by atoms with van der Waals surface area (Å²) < 4.78 is 1.44. The molecule has 7 heteroatoms. The second-order valence-electron chi connectivity index (χ2n) is 3.96. The lowest BCUT2D eigenvalue weighted by Gasteiger charge is -2.20. The lowest BCUT2D eigenvalue weighted by Crippen LogP contribution is -2.47. The number of carbonyl (C=O) groups excluding carboxylic acids is 1. The van der Waals surface area contributed by atoms with Gasteiger partial charge in [-0.2, -0.15) is 5.10 Å². The summed E-state index contributed by atoms with van der Waals surface area (Å²) in [6.07, 6.45) is 3.16. The van der Waals surface area contributed by atoms with Crippen molar-refractivity contribution in [1.82, 2.24) is 15.1 Å². The van der Waals surface area contributed by atoms with Gasteiger partial charge in [-0.1, -0.05) is 0 Å². The molecule has 0 radical (unpaired) electrons. The number of hydrogen-bond donors (Lipinski definition) is 3. The first-order valence-electron chi connectivity index (χ1n) is 5.07. The third kappa shape index (κ3) is 3.28. The van der Waals surface area contributed by atoms with Gasteiger partial charge in [-0.15, -0.1) is 0 Å². The van der Waals surface area contributed by atoms with Crippen molar-refractivity contribution in [3.05, 3.63) is 18.5 Å². The van der Waals surface area contributed by atoms with Crippen molar-refractivity contribution >= 4 is 11.9 Å². The highest BCUT2D eigenvalue weighted by atomic mass is 16.4. The number of aliphatic carboxylic acids is 1. The second-order valence-corrected chi connectivity index (χ2v) is 3.96. The van der Waals surface area contributed by atoms with Crippen LogP contribution in [0.15, 0.2) is 18.5 Å². The van der Waals surface area contributed by atoms with E-state index in [-0.39, 0.29) is 6.54 Å². The van der Waals surface area contributed by atoms with Crippen molar-refractivity contribution in [2.45, 2.75) is 25.5 Å². The Balaban J connectivity index is 2.54. The van der Waals surface area contributed by atoms with E-state index in [4.69, 9.17) is 5.11 Å². The van der Waals surface area contributed by atoms with E-state index in [1.807, 2.05) is 0 Å². The van der Waals surface area contributed by atoms with Gasteiger partial charge in [0, 0.05) is 12.4 Å². The molecule has 17 heavy (non-hydrogen) atoms. The van der Waals surface area contributed by atoms with Crippen molar-refractivity contribution in [2.75, 3.05) is 6.54 Å². The van der Waals surface area contributed by atoms with Crippen molar-refractivity contribution < 1.29 is 19.8 Å². The molecule has 0 aliphatic rings. The summed E-state index contributed by atoms with van der Waals surface area (Å²) in [6.45, 7) is 2.39. The molecule has 0 spiro atoms. The normalized spacial score (nSPS) is 15.9. The highest BCUT2D eigenvalue weighted by Crippen LogP contribution is 2.05. The van der Waals surface area contributed by atoms with Gasteiger partial charge in [0.1, 0.15) is 6.04 Å². The van der Waals surface area contributed by atoms with Crippen LogP contribution in [0.3, 0.4) is 0 Å². The molecule has 1 heterocycles. The number of aliphatic hydroxyl groups is 1. The van der Waals surface area contributed by atoms with Gasteiger partial charge >= 0.3 is 5.97 Å². The Labute approximate surface area is 98.1 Å². The summed E-state index contributed by atoms with van der Waals surface area (Å²) in [5.41, 5.74) is -1.97. The van der Waals surface area contributed by atoms with Crippen molar-refractivity contribution in [3.8, 4) is 0 Å². The first-order valence-corrected chi connectivity index (χ1v) is 5.07. The average molecular weight is 241 g/mol. The number of carbonyl (C=O) groups is 2. The largest absolute Gasteiger partial charge is 0.479 e. The molecule has 0 saturated carbocycles. The number of carboxylic acids is 1. The third-order valence-corrected chi connectivity index (χ3v) is 2.37. The number of carboxylic acid groups (broad SMARTS) is 1. The summed E-state index contributed by atoms with van der Waals surface area (Å²) in [5, 5.41) is 24.3. The zero-order chi connectivity index (χ0) is 13.1. The number of aromatic nitrogens is 2. The maximum Gasteiger partial charge on any atom is 0.337 e. The van der Waals surface area contributed by atoms with Crippen molar-refractivity contribution in [1.29, 1.82) is 0 Å². The maximum atomic E-state index is 11.6. The van der Waals surface area contributed by atoms with E-state index in [1.54, 1.807) is 19.2 Å². The summed E-state index contributed by atoms with van der Waals surface area (Å²) in [4.78, 5) is 22.2. The smallest absolute Gasteiger partial charge is 0.337 e. The molecule has 0 saturated heterocycles. The minimum atomic E-state index is -1.97. The van der Waals surface area contributed by atoms with Crippen LogP contribution in [0.1, 0.15) is 19.9 Å². The van der Waals surface area contributed by atoms with E-state index < -0.39 is 23.5 Å². The van der Waals surface area contributed by atoms with Crippen LogP contribution in [0, 0.1) is 0 Å². The first-order chi connectivity index (χ1) is 7.84. The van der Waals surface area contributed by atoms with Crippen molar-refractivity contribution in [3.63, 3.8) is 0 Å². The standard InChI is InChI=1S/C10H15N3O4/c1-7(13-5-3-4-12-13)8(14)11-6-10(2,17)9(15)16/h3-5,7,17H,6H2,1-2H3,(H,11,14)(H,15,16). The highest BCUT2D eigenvalue weighted by molar-refractivity contribution is 5.82. The van der Waals surface area contributed by atoms with E-state index >= 15 is 0 Å². The monoisotopic (exact) mass is 241 g/mol. The maximum absolute atomic E-state index is 11.6. The molecule has 1 aromatic heterocycles. The molecule has 0 aromatic carbocycles. The number of hydrogen-bond acceptors (Lipinski definition) is 4. The number of nitrogens with one attached hydrogen (secondary N) is 1. The van der Waals surface area contributed by atoms with Crippen LogP contribution in [0.2, 0.25) is 0 Å². The summed E-state index contributed by atoms with van der Waals surface area (Å²) in [5.74, 6) is -1.79. The molecule has 1 amide bonds. The number of nitrogens with zero attached hydrogens (tertiary/aromatic N) is 2. The zero-order valence-electron chi connectivity index (χ0n) is 9.62. The minimum absolute atomic E-state index is 0.354. The number of rotatable bonds is 5. The fourth-order valence-electron chi connectivity index (χ4n) is 1.11. The summed E-state index contributed by atoms with van der Waals surface area (Å²) in [7, 11) is 0. The van der Waals surface area contributed by atoms with Gasteiger partial charge in [0.2, 0.25) is 5.91 Å². The van der Waals surface area contributed by atoms with Crippen LogP contribution >= 0.6 is 0 Å². The Hall–Kier alpha value is -1.89. The van der Waals surface area contributed by atoms with Gasteiger partial charge in [0.05, 0.1) is 6.54 Å². The molecule has 1 rings (SSSR count). The van der Waals surface area contributed by atoms with E-state index in [1.165, 1.54) is 10.9 Å². The van der Waals surface area contributed by atoms with Crippen LogP contribution in [0.4, 0.5) is 0 Å². The molecular weight excluding hydrogens is 226 g/mol. The summed E-state index contributed by atoms with van der Waals surface area (Å²) in [6, 6.07) is 1.12. The van der Waals surface area contributed by atoms with Gasteiger partial charge in [-0.25, -0.2) is 4.79 Å². The topological polar surface area (TPSA) is 104 Å². The van der Waals surface area contributed by atoms with Gasteiger partial charge in [-0.3, -0.25) is 9.48 Å². The Morgan fingerprint density at radius 2 is 2.24 bits per heavy atom. The molecule has 0 aliphatic carbocycles. The Kier molecular flexibility index (Phi) is 3.84. The molecule has 1 aromatic rings. The molecule has 0 fully saturated rings. The predicted octanol–water partition coefficient (Wildman–Crippen LogP) is -0.604. The van der Waals surface area contributed by atoms with Gasteiger partial charge in [0.25, 0.3) is 0 Å². The fraction of sp³-hybridized carbons (Fsp3) is 0.500. The van der Waals surface area contributed by atoms with Crippen LogP contribution < -0.4 is 5.32 Å². The molecule has 0 bridgehead atoms. The molecule has 94 valence electrons. The van der Waals surface area contributed by atoms with Crippen LogP contribution in [-0.2, 0) is 9.59 Å². The lowest BCUT2D eigenvalue weighted by molar-refractivity contribution is -0.156. The van der Waals surface area contributed by atoms with E-state index in [9.17, 15) is 14.7 Å². The summed E-state index contributed by atoms with van der Waals surface area (Å²) >= 11 is 0. The fourth-order valence-corrected chi connectivity index (χ4v) is 1.11. The molecular formula is C10H15N3O4. The van der Waals surface area contributed by atoms with Crippen LogP contribution in [-0.4, -0.2) is 44.0 Å². The minimum Gasteiger partial charge on any atom is -0.479 e. The number of amides is 1. The quantitative estimate of drug-likeness (QED) is 0.638. The molecule has 2 unspecified atom stereocenters. The Bertz CT molecular complexity index is 400. The van der Waals surface area contributed by atoms with E-state index in [0.717, 1.165) is 6.92 Å². The molecule has 2 atom stereocenters. The second kappa shape index (κ2) is 4.96. The predicted molar refractivity (Wildman–Crippen MR) is 58.2 cm³/mol. The van der Waals surface area contributed by atoms with Crippen molar-refractivity contribution in [2.24, 2.45) is 0 Å². The van der Waals surface area contributed by atoms with Crippen LogP contribution in [0.5, 0.6) is 0 Å².